The minimum Gasteiger partial charge on any atom is -0.491 e. The lowest BCUT2D eigenvalue weighted by Gasteiger charge is -2.56. The van der Waals surface area contributed by atoms with Gasteiger partial charge >= 0.3 is 0 Å². The van der Waals surface area contributed by atoms with Crippen molar-refractivity contribution in [3.8, 4) is 17.2 Å². The lowest BCUT2D eigenvalue weighted by Crippen LogP contribution is -2.57. The van der Waals surface area contributed by atoms with Crippen LogP contribution in [0.2, 0.25) is 0 Å². The van der Waals surface area contributed by atoms with Crippen LogP contribution in [0.1, 0.15) is 68.6 Å². The van der Waals surface area contributed by atoms with E-state index in [0.29, 0.717) is 41.4 Å². The van der Waals surface area contributed by atoms with E-state index in [0.717, 1.165) is 76.8 Å². The van der Waals surface area contributed by atoms with Gasteiger partial charge in [0.05, 0.1) is 45.8 Å². The number of aliphatic hydroxyl groups is 1. The number of nitrogens with zero attached hydrogens (tertiary/aromatic N) is 4. The number of H-pyrrole nitrogens is 1. The number of anilines is 1. The summed E-state index contributed by atoms with van der Waals surface area (Å²) in [5, 5.41) is 13.8. The Bertz CT molecular complexity index is 2330. The maximum Gasteiger partial charge on any atom is 0.268 e. The molecule has 4 aromatic rings. The summed E-state index contributed by atoms with van der Waals surface area (Å²) in [6.07, 6.45) is 9.96. The summed E-state index contributed by atoms with van der Waals surface area (Å²) < 4.78 is 62.1. The molecule has 14 nitrogen and oxygen atoms in total. The topological polar surface area (TPSA) is 176 Å². The SMILES string of the molecule is CC1(O)CCC([C@H]2COc3cc(S(=O)(=O)NC(=O)c4ccc(N5CCC6(CC5)CC(N5CCOCC5)C6)cc4Oc4cnc5[nH]cc(F)c5c4)cc(N=O)c3S2)CC1. The third-order valence-electron chi connectivity index (χ3n) is 12.9. The van der Waals surface area contributed by atoms with E-state index >= 15 is 0 Å². The van der Waals surface area contributed by atoms with E-state index in [-0.39, 0.29) is 49.9 Å². The fraction of sp³-hybridized carbons (Fsp3) is 0.512. The van der Waals surface area contributed by atoms with Gasteiger partial charge < -0.3 is 29.2 Å². The molecule has 3 N–H and O–H groups in total. The molecule has 3 aliphatic heterocycles. The lowest BCUT2D eigenvalue weighted by atomic mass is 9.60. The summed E-state index contributed by atoms with van der Waals surface area (Å²) in [7, 11) is -4.55. The van der Waals surface area contributed by atoms with Crippen molar-refractivity contribution in [2.75, 3.05) is 50.9 Å². The number of hydrogen-bond donors (Lipinski definition) is 3. The van der Waals surface area contributed by atoms with E-state index < -0.39 is 27.3 Å². The first-order chi connectivity index (χ1) is 27.9. The van der Waals surface area contributed by atoms with Crippen molar-refractivity contribution >= 4 is 50.1 Å². The zero-order valence-electron chi connectivity index (χ0n) is 32.2. The number of rotatable bonds is 9. The van der Waals surface area contributed by atoms with Gasteiger partial charge in [0.1, 0.15) is 41.0 Å². The molecule has 2 aliphatic carbocycles. The van der Waals surface area contributed by atoms with Crippen molar-refractivity contribution in [1.82, 2.24) is 19.6 Å². The molecule has 0 unspecified atom stereocenters. The first-order valence-corrected chi connectivity index (χ1v) is 22.4. The average molecular weight is 835 g/mol. The van der Waals surface area contributed by atoms with Gasteiger partial charge in [-0.3, -0.25) is 9.69 Å². The summed E-state index contributed by atoms with van der Waals surface area (Å²) in [6.45, 7) is 7.32. The van der Waals surface area contributed by atoms with Crippen LogP contribution in [0.5, 0.6) is 17.2 Å². The number of amides is 1. The second kappa shape index (κ2) is 15.4. The molecule has 0 radical (unpaired) electrons. The van der Waals surface area contributed by atoms with Crippen LogP contribution in [0.15, 0.2) is 63.8 Å². The van der Waals surface area contributed by atoms with Crippen LogP contribution in [0, 0.1) is 22.1 Å². The number of carbonyl (C=O) groups excluding carboxylic acids is 1. The first-order valence-electron chi connectivity index (χ1n) is 20.0. The van der Waals surface area contributed by atoms with Crippen molar-refractivity contribution in [3.05, 3.63) is 65.1 Å². The van der Waals surface area contributed by atoms with Gasteiger partial charge in [-0.2, -0.15) is 0 Å². The van der Waals surface area contributed by atoms with E-state index in [1.165, 1.54) is 55.2 Å². The van der Waals surface area contributed by atoms with Gasteiger partial charge in [0.25, 0.3) is 15.9 Å². The Balaban J connectivity index is 0.938. The number of halogens is 1. The third-order valence-corrected chi connectivity index (χ3v) is 15.7. The number of piperidine rings is 1. The standard InChI is InChI=1S/C41H47FN6O8S2/c1-40(50)6-4-25(5-7-40)36-24-55-35-19-29(18-33(45-51)37(35)57-36)58(52,53)46-39(49)30-3-2-26(16-34(30)56-28-17-31-32(42)23-44-38(31)43-22-28)47-10-8-41(9-11-47)20-27(21-41)48-12-14-54-15-13-48/h2-3,16-19,22-23,25,27,36,50H,4-15,20-21,24H2,1H3,(H,43,44)(H,46,49)/t25?,36-,40?/m1/s1. The molecule has 1 amide bonds. The maximum absolute atomic E-state index is 14.5. The smallest absolute Gasteiger partial charge is 0.268 e. The van der Waals surface area contributed by atoms with E-state index in [9.17, 15) is 27.6 Å². The van der Waals surface area contributed by atoms with Gasteiger partial charge in [-0.05, 0) is 99.1 Å². The normalized spacial score (nSPS) is 25.1. The van der Waals surface area contributed by atoms with Crippen LogP contribution < -0.4 is 19.1 Å². The molecule has 5 aliphatic rings. The molecule has 2 saturated heterocycles. The predicted molar refractivity (Wildman–Crippen MR) is 216 cm³/mol. The minimum atomic E-state index is -4.55. The number of aromatic nitrogens is 2. The Kier molecular flexibility index (Phi) is 10.4. The lowest BCUT2D eigenvalue weighted by molar-refractivity contribution is -0.0592. The highest BCUT2D eigenvalue weighted by Crippen LogP contribution is 2.52. The van der Waals surface area contributed by atoms with E-state index in [4.69, 9.17) is 14.2 Å². The molecule has 2 aromatic heterocycles. The molecule has 1 spiro atoms. The highest BCUT2D eigenvalue weighted by Gasteiger charge is 2.48. The van der Waals surface area contributed by atoms with E-state index in [1.54, 1.807) is 12.1 Å². The number of benzene rings is 2. The maximum atomic E-state index is 14.5. The van der Waals surface area contributed by atoms with Crippen LogP contribution in [0.4, 0.5) is 15.8 Å². The van der Waals surface area contributed by atoms with Crippen molar-refractivity contribution < 1.29 is 36.9 Å². The summed E-state index contributed by atoms with van der Waals surface area (Å²) in [4.78, 5) is 37.9. The number of pyridine rings is 1. The Morgan fingerprint density at radius 3 is 2.59 bits per heavy atom. The highest BCUT2D eigenvalue weighted by atomic mass is 32.2. The highest BCUT2D eigenvalue weighted by molar-refractivity contribution is 8.00. The molecule has 2 aromatic carbocycles. The Morgan fingerprint density at radius 2 is 1.84 bits per heavy atom. The number of nitroso groups, excluding NO2 is 1. The van der Waals surface area contributed by atoms with Crippen LogP contribution in [-0.4, -0.2) is 97.2 Å². The number of carbonyl (C=O) groups is 1. The molecule has 0 bridgehead atoms. The van der Waals surface area contributed by atoms with Crippen molar-refractivity contribution in [2.24, 2.45) is 16.5 Å². The minimum absolute atomic E-state index is 0.00859. The monoisotopic (exact) mass is 834 g/mol. The van der Waals surface area contributed by atoms with Gasteiger partial charge in [0, 0.05) is 61.5 Å². The molecule has 58 heavy (non-hydrogen) atoms. The van der Waals surface area contributed by atoms with Crippen molar-refractivity contribution in [2.45, 2.75) is 85.0 Å². The average Bonchev–Trinajstić information content (AvgIpc) is 3.58. The number of fused-ring (bicyclic) bond motifs is 2. The van der Waals surface area contributed by atoms with Crippen molar-refractivity contribution in [1.29, 1.82) is 0 Å². The molecule has 9 rings (SSSR count). The summed E-state index contributed by atoms with van der Waals surface area (Å²) in [6, 6.07) is 9.52. The second-order valence-corrected chi connectivity index (χ2v) is 19.7. The molecule has 1 atom stereocenters. The van der Waals surface area contributed by atoms with E-state index in [2.05, 4.69) is 29.7 Å². The molecule has 2 saturated carbocycles. The molecular formula is C41H47FN6O8S2. The zero-order valence-corrected chi connectivity index (χ0v) is 33.9. The zero-order chi connectivity index (χ0) is 40.2. The first kappa shape index (κ1) is 39.2. The van der Waals surface area contributed by atoms with Gasteiger partial charge in [-0.15, -0.1) is 16.7 Å². The van der Waals surface area contributed by atoms with Gasteiger partial charge in [0.2, 0.25) is 0 Å². The number of nitrogens with one attached hydrogen (secondary N) is 2. The molecule has 308 valence electrons. The number of ether oxygens (including phenoxy) is 3. The number of aromatic amines is 1. The van der Waals surface area contributed by atoms with Crippen LogP contribution in [0.25, 0.3) is 11.0 Å². The fourth-order valence-corrected chi connectivity index (χ4v) is 11.7. The number of hydrogen-bond acceptors (Lipinski definition) is 13. The number of sulfonamides is 1. The summed E-state index contributed by atoms with van der Waals surface area (Å²) in [5.74, 6) is -0.810. The van der Waals surface area contributed by atoms with E-state index in [1.807, 2.05) is 6.92 Å². The quantitative estimate of drug-likeness (QED) is 0.149. The second-order valence-electron chi connectivity index (χ2n) is 16.8. The largest absolute Gasteiger partial charge is 0.491 e. The molecule has 5 heterocycles. The third kappa shape index (κ3) is 7.78. The van der Waals surface area contributed by atoms with Gasteiger partial charge in [-0.25, -0.2) is 22.5 Å². The Hall–Kier alpha value is -4.29. The predicted octanol–water partition coefficient (Wildman–Crippen LogP) is 6.89. The fourth-order valence-electron chi connectivity index (χ4n) is 9.37. The Labute approximate surface area is 340 Å². The molecular weight excluding hydrogens is 788 g/mol. The van der Waals surface area contributed by atoms with Crippen LogP contribution in [0.3, 0.4) is 0 Å². The number of morpholine rings is 1. The van der Waals surface area contributed by atoms with Crippen LogP contribution >= 0.6 is 11.8 Å². The molecule has 4 fully saturated rings. The van der Waals surface area contributed by atoms with Crippen LogP contribution in [-0.2, 0) is 14.8 Å². The van der Waals surface area contributed by atoms with Gasteiger partial charge in [-0.1, -0.05) is 0 Å². The molecule has 17 heteroatoms. The summed E-state index contributed by atoms with van der Waals surface area (Å²) >= 11 is 1.43. The Morgan fingerprint density at radius 1 is 1.09 bits per heavy atom. The van der Waals surface area contributed by atoms with Gasteiger partial charge in [0.15, 0.2) is 0 Å². The summed E-state index contributed by atoms with van der Waals surface area (Å²) in [5.41, 5.74) is 0.578. The number of thioether (sulfide) groups is 1. The van der Waals surface area contributed by atoms with Crippen molar-refractivity contribution in [3.63, 3.8) is 0 Å².